The van der Waals surface area contributed by atoms with E-state index < -0.39 is 0 Å². The lowest BCUT2D eigenvalue weighted by atomic mass is 10.00. The smallest absolute Gasteiger partial charge is 0.0692 e. The molecule has 1 aliphatic heterocycles. The van der Waals surface area contributed by atoms with E-state index in [4.69, 9.17) is 4.74 Å². The summed E-state index contributed by atoms with van der Waals surface area (Å²) in [6.45, 7) is 6.27. The molecule has 0 spiro atoms. The molecule has 0 bridgehead atoms. The SMILES string of the molecule is CC1CC(NCCCn2ccnn2)CC(C)O1. The van der Waals surface area contributed by atoms with E-state index in [1.54, 1.807) is 6.20 Å². The number of nitrogens with one attached hydrogen (secondary N) is 1. The van der Waals surface area contributed by atoms with Crippen molar-refractivity contribution in [2.24, 2.45) is 0 Å². The van der Waals surface area contributed by atoms with Crippen molar-refractivity contribution in [2.75, 3.05) is 6.54 Å². The summed E-state index contributed by atoms with van der Waals surface area (Å²) < 4.78 is 7.59. The number of aromatic nitrogens is 3. The van der Waals surface area contributed by atoms with Gasteiger partial charge in [-0.3, -0.25) is 4.68 Å². The van der Waals surface area contributed by atoms with Crippen LogP contribution in [-0.4, -0.2) is 39.8 Å². The first kappa shape index (κ1) is 12.5. The Balaban J connectivity index is 1.61. The second-order valence-corrected chi connectivity index (χ2v) is 4.90. The topological polar surface area (TPSA) is 52.0 Å². The first-order chi connectivity index (χ1) is 8.24. The highest BCUT2D eigenvalue weighted by atomic mass is 16.5. The van der Waals surface area contributed by atoms with Gasteiger partial charge in [0.2, 0.25) is 0 Å². The standard InChI is InChI=1S/C12H22N4O/c1-10-8-12(9-11(2)17-10)13-4-3-6-16-7-5-14-15-16/h5,7,10-13H,3-4,6,8-9H2,1-2H3. The van der Waals surface area contributed by atoms with Gasteiger partial charge in [0.1, 0.15) is 0 Å². The van der Waals surface area contributed by atoms with Crippen LogP contribution in [-0.2, 0) is 11.3 Å². The van der Waals surface area contributed by atoms with Crippen LogP contribution in [0.5, 0.6) is 0 Å². The van der Waals surface area contributed by atoms with Crippen molar-refractivity contribution in [3.05, 3.63) is 12.4 Å². The molecule has 2 atom stereocenters. The van der Waals surface area contributed by atoms with Gasteiger partial charge in [-0.1, -0.05) is 5.21 Å². The molecule has 1 aromatic heterocycles. The van der Waals surface area contributed by atoms with E-state index in [0.29, 0.717) is 18.2 Å². The van der Waals surface area contributed by atoms with Crippen LogP contribution in [0, 0.1) is 0 Å². The van der Waals surface area contributed by atoms with Crippen molar-refractivity contribution in [3.63, 3.8) is 0 Å². The first-order valence-electron chi connectivity index (χ1n) is 6.47. The van der Waals surface area contributed by atoms with Crippen LogP contribution < -0.4 is 5.32 Å². The van der Waals surface area contributed by atoms with Crippen molar-refractivity contribution in [1.29, 1.82) is 0 Å². The molecule has 0 radical (unpaired) electrons. The predicted octanol–water partition coefficient (Wildman–Crippen LogP) is 1.21. The van der Waals surface area contributed by atoms with E-state index in [1.165, 1.54) is 0 Å². The van der Waals surface area contributed by atoms with Gasteiger partial charge < -0.3 is 10.1 Å². The summed E-state index contributed by atoms with van der Waals surface area (Å²) in [5.74, 6) is 0. The Morgan fingerprint density at radius 1 is 1.35 bits per heavy atom. The fourth-order valence-corrected chi connectivity index (χ4v) is 2.47. The van der Waals surface area contributed by atoms with Crippen molar-refractivity contribution < 1.29 is 4.74 Å². The summed E-state index contributed by atoms with van der Waals surface area (Å²) in [5, 5.41) is 11.3. The monoisotopic (exact) mass is 238 g/mol. The Morgan fingerprint density at radius 3 is 2.76 bits per heavy atom. The van der Waals surface area contributed by atoms with Gasteiger partial charge in [-0.05, 0) is 39.7 Å². The molecule has 1 aromatic rings. The number of rotatable bonds is 5. The first-order valence-corrected chi connectivity index (χ1v) is 6.47. The summed E-state index contributed by atoms with van der Waals surface area (Å²) in [6.07, 6.45) is 7.71. The summed E-state index contributed by atoms with van der Waals surface area (Å²) >= 11 is 0. The molecule has 5 nitrogen and oxygen atoms in total. The van der Waals surface area contributed by atoms with Crippen LogP contribution in [0.1, 0.15) is 33.1 Å². The average Bonchev–Trinajstić information content (AvgIpc) is 2.76. The fraction of sp³-hybridized carbons (Fsp3) is 0.833. The Labute approximate surface area is 103 Å². The maximum atomic E-state index is 5.72. The Bertz CT molecular complexity index is 304. The highest BCUT2D eigenvalue weighted by Crippen LogP contribution is 2.18. The molecule has 0 amide bonds. The average molecular weight is 238 g/mol. The second-order valence-electron chi connectivity index (χ2n) is 4.90. The minimum atomic E-state index is 0.381. The maximum Gasteiger partial charge on any atom is 0.0692 e. The van der Waals surface area contributed by atoms with Gasteiger partial charge in [0.05, 0.1) is 18.4 Å². The van der Waals surface area contributed by atoms with Crippen molar-refractivity contribution in [1.82, 2.24) is 20.3 Å². The zero-order chi connectivity index (χ0) is 12.1. The van der Waals surface area contributed by atoms with E-state index in [-0.39, 0.29) is 0 Å². The largest absolute Gasteiger partial charge is 0.375 e. The number of aryl methyl sites for hydroxylation is 1. The fourth-order valence-electron chi connectivity index (χ4n) is 2.47. The number of nitrogens with zero attached hydrogens (tertiary/aromatic N) is 3. The third-order valence-electron chi connectivity index (χ3n) is 3.17. The van der Waals surface area contributed by atoms with Crippen molar-refractivity contribution >= 4 is 0 Å². The lowest BCUT2D eigenvalue weighted by Crippen LogP contribution is -2.41. The van der Waals surface area contributed by atoms with E-state index >= 15 is 0 Å². The molecule has 0 saturated carbocycles. The summed E-state index contributed by atoms with van der Waals surface area (Å²) in [6, 6.07) is 0.601. The van der Waals surface area contributed by atoms with Crippen molar-refractivity contribution in [3.8, 4) is 0 Å². The van der Waals surface area contributed by atoms with E-state index in [9.17, 15) is 0 Å². The van der Waals surface area contributed by atoms with Crippen LogP contribution in [0.15, 0.2) is 12.4 Å². The highest BCUT2D eigenvalue weighted by Gasteiger charge is 2.23. The van der Waals surface area contributed by atoms with E-state index in [2.05, 4.69) is 29.5 Å². The molecule has 17 heavy (non-hydrogen) atoms. The van der Waals surface area contributed by atoms with Gasteiger partial charge in [-0.15, -0.1) is 5.10 Å². The predicted molar refractivity (Wildman–Crippen MR) is 65.7 cm³/mol. The van der Waals surface area contributed by atoms with E-state index in [0.717, 1.165) is 32.4 Å². The maximum absolute atomic E-state index is 5.72. The van der Waals surface area contributed by atoms with Crippen LogP contribution in [0.2, 0.25) is 0 Å². The Kier molecular flexibility index (Phi) is 4.50. The van der Waals surface area contributed by atoms with Crippen LogP contribution in [0.3, 0.4) is 0 Å². The Morgan fingerprint density at radius 2 is 2.12 bits per heavy atom. The number of hydrogen-bond donors (Lipinski definition) is 1. The Hall–Kier alpha value is -0.940. The summed E-state index contributed by atoms with van der Waals surface area (Å²) in [4.78, 5) is 0. The summed E-state index contributed by atoms with van der Waals surface area (Å²) in [7, 11) is 0. The van der Waals surface area contributed by atoms with Gasteiger partial charge in [-0.2, -0.15) is 0 Å². The molecule has 0 aromatic carbocycles. The molecule has 2 unspecified atom stereocenters. The van der Waals surface area contributed by atoms with Gasteiger partial charge in [0.25, 0.3) is 0 Å². The van der Waals surface area contributed by atoms with E-state index in [1.807, 2.05) is 10.9 Å². The number of ether oxygens (including phenoxy) is 1. The van der Waals surface area contributed by atoms with Crippen LogP contribution in [0.25, 0.3) is 0 Å². The lowest BCUT2D eigenvalue weighted by molar-refractivity contribution is -0.0420. The third-order valence-corrected chi connectivity index (χ3v) is 3.17. The highest BCUT2D eigenvalue weighted by molar-refractivity contribution is 4.78. The third kappa shape index (κ3) is 4.09. The molecule has 0 aliphatic carbocycles. The molecule has 1 N–H and O–H groups in total. The van der Waals surface area contributed by atoms with Crippen molar-refractivity contribution in [2.45, 2.75) is 57.9 Å². The molecular formula is C12H22N4O. The number of hydrogen-bond acceptors (Lipinski definition) is 4. The normalized spacial score (nSPS) is 29.4. The minimum Gasteiger partial charge on any atom is -0.375 e. The van der Waals surface area contributed by atoms with Crippen LogP contribution in [0.4, 0.5) is 0 Å². The molecular weight excluding hydrogens is 216 g/mol. The zero-order valence-electron chi connectivity index (χ0n) is 10.7. The van der Waals surface area contributed by atoms with Gasteiger partial charge >= 0.3 is 0 Å². The second kappa shape index (κ2) is 6.12. The van der Waals surface area contributed by atoms with Gasteiger partial charge in [0, 0.05) is 18.8 Å². The molecule has 1 fully saturated rings. The molecule has 1 saturated heterocycles. The minimum absolute atomic E-state index is 0.381. The molecule has 2 heterocycles. The molecule has 2 rings (SSSR count). The molecule has 5 heteroatoms. The molecule has 1 aliphatic rings. The zero-order valence-corrected chi connectivity index (χ0v) is 10.7. The molecule has 96 valence electrons. The van der Waals surface area contributed by atoms with Crippen LogP contribution >= 0.6 is 0 Å². The lowest BCUT2D eigenvalue weighted by Gasteiger charge is -2.32. The summed E-state index contributed by atoms with van der Waals surface area (Å²) in [5.41, 5.74) is 0. The quantitative estimate of drug-likeness (QED) is 0.784. The van der Waals surface area contributed by atoms with Gasteiger partial charge in [-0.25, -0.2) is 0 Å². The van der Waals surface area contributed by atoms with Gasteiger partial charge in [0.15, 0.2) is 0 Å².